The van der Waals surface area contributed by atoms with Crippen molar-refractivity contribution in [3.63, 3.8) is 0 Å². The fraction of sp³-hybridized carbons (Fsp3) is 0.474. The highest BCUT2D eigenvalue weighted by atomic mass is 35.5. The predicted octanol–water partition coefficient (Wildman–Crippen LogP) is 2.76. The summed E-state index contributed by atoms with van der Waals surface area (Å²) in [5.41, 5.74) is 1.65. The third kappa shape index (κ3) is 3.56. The number of H-pyrrole nitrogens is 1. The van der Waals surface area contributed by atoms with E-state index in [-0.39, 0.29) is 11.9 Å². The second-order valence-corrected chi connectivity index (χ2v) is 7.31. The first-order valence-corrected chi connectivity index (χ1v) is 9.84. The summed E-state index contributed by atoms with van der Waals surface area (Å²) in [6, 6.07) is 1.74. The number of pyridine rings is 1. The molecule has 2 aromatic rings. The van der Waals surface area contributed by atoms with Crippen LogP contribution in [0.25, 0.3) is 11.0 Å². The zero-order valence-electron chi connectivity index (χ0n) is 15.3. The lowest BCUT2D eigenvalue weighted by Crippen LogP contribution is -2.47. The summed E-state index contributed by atoms with van der Waals surface area (Å²) >= 11 is 6.11. The number of aromatic amines is 1. The molecule has 2 aliphatic rings. The lowest BCUT2D eigenvalue weighted by molar-refractivity contribution is -0.124. The number of halogens is 1. The third-order valence-electron chi connectivity index (χ3n) is 5.01. The molecule has 27 heavy (non-hydrogen) atoms. The van der Waals surface area contributed by atoms with E-state index in [0.29, 0.717) is 23.9 Å². The molecule has 8 heteroatoms. The maximum atomic E-state index is 12.5. The summed E-state index contributed by atoms with van der Waals surface area (Å²) in [4.78, 5) is 31.5. The number of hydrogen-bond donors (Lipinski definition) is 2. The number of hydrogen-bond acceptors (Lipinski definition) is 5. The van der Waals surface area contributed by atoms with Gasteiger partial charge in [0.05, 0.1) is 5.02 Å². The number of amidine groups is 2. The molecule has 0 spiro atoms. The molecule has 142 valence electrons. The molecule has 2 N–H and O–H groups in total. The molecular formula is C19H23ClN6O. The zero-order valence-corrected chi connectivity index (χ0v) is 16.1. The number of aliphatic imine (C=N–C) groups is 2. The molecule has 4 rings (SSSR count). The molecule has 2 aliphatic heterocycles. The van der Waals surface area contributed by atoms with Gasteiger partial charge in [-0.05, 0) is 25.3 Å². The number of carbonyl (C=O) groups is 1. The van der Waals surface area contributed by atoms with Crippen LogP contribution in [0.2, 0.25) is 5.02 Å². The first kappa shape index (κ1) is 18.0. The largest absolute Gasteiger partial charge is 0.354 e. The number of likely N-dealkylation sites (tertiary alicyclic amines) is 1. The molecule has 1 saturated heterocycles. The summed E-state index contributed by atoms with van der Waals surface area (Å²) in [5, 5.41) is 4.51. The Morgan fingerprint density at radius 3 is 3.22 bits per heavy atom. The lowest BCUT2D eigenvalue weighted by atomic mass is 10.1. The normalized spacial score (nSPS) is 19.9. The average Bonchev–Trinajstić information content (AvgIpc) is 3.33. The minimum atomic E-state index is -0.131. The second kappa shape index (κ2) is 7.68. The Labute approximate surface area is 162 Å². The lowest BCUT2D eigenvalue weighted by Gasteiger charge is -2.28. The van der Waals surface area contributed by atoms with Crippen LogP contribution in [-0.2, 0) is 4.79 Å². The standard InChI is InChI=1S/C19H23ClN6O/c1-2-6-22-19(27)15-4-3-8-26(15)16-5-7-21-18(25-16)14-11-24-17-13(14)9-12(20)10-23-17/h9-11,15H,2-8H2,1H3,(H,22,27)(H,23,24)/t15-/m1/s1. The van der Waals surface area contributed by atoms with Gasteiger partial charge in [0.25, 0.3) is 0 Å². The van der Waals surface area contributed by atoms with Crippen molar-refractivity contribution in [3.05, 3.63) is 29.0 Å². The van der Waals surface area contributed by atoms with Crippen LogP contribution in [0.1, 0.15) is 38.2 Å². The van der Waals surface area contributed by atoms with E-state index in [1.807, 2.05) is 12.3 Å². The number of fused-ring (bicyclic) bond motifs is 1. The summed E-state index contributed by atoms with van der Waals surface area (Å²) in [7, 11) is 0. The molecule has 0 bridgehead atoms. The number of rotatable bonds is 4. The van der Waals surface area contributed by atoms with Crippen molar-refractivity contribution in [1.82, 2.24) is 20.2 Å². The average molecular weight is 387 g/mol. The zero-order chi connectivity index (χ0) is 18.8. The molecule has 1 atom stereocenters. The maximum absolute atomic E-state index is 12.5. The molecule has 0 saturated carbocycles. The van der Waals surface area contributed by atoms with Gasteiger partial charge in [-0.2, -0.15) is 0 Å². The molecule has 0 aliphatic carbocycles. The van der Waals surface area contributed by atoms with E-state index in [4.69, 9.17) is 16.6 Å². The van der Waals surface area contributed by atoms with Gasteiger partial charge in [0.1, 0.15) is 17.5 Å². The minimum absolute atomic E-state index is 0.101. The van der Waals surface area contributed by atoms with Crippen molar-refractivity contribution >= 4 is 40.2 Å². The fourth-order valence-electron chi connectivity index (χ4n) is 3.71. The third-order valence-corrected chi connectivity index (χ3v) is 5.21. The maximum Gasteiger partial charge on any atom is 0.242 e. The fourth-order valence-corrected chi connectivity index (χ4v) is 3.86. The van der Waals surface area contributed by atoms with Gasteiger partial charge in [0.15, 0.2) is 5.84 Å². The van der Waals surface area contributed by atoms with Crippen LogP contribution in [0.4, 0.5) is 0 Å². The molecule has 0 unspecified atom stereocenters. The van der Waals surface area contributed by atoms with Crippen LogP contribution >= 0.6 is 11.6 Å². The SMILES string of the molecule is CCCNC(=O)[C@H]1CCCN1C1=NC(c2c[nH]c3ncc(Cl)cc23)=NCC1. The summed E-state index contributed by atoms with van der Waals surface area (Å²) in [6.07, 6.45) is 7.05. The Hall–Kier alpha value is -2.41. The van der Waals surface area contributed by atoms with E-state index in [0.717, 1.165) is 54.7 Å². The first-order chi connectivity index (χ1) is 13.2. The van der Waals surface area contributed by atoms with E-state index in [1.54, 1.807) is 6.20 Å². The van der Waals surface area contributed by atoms with E-state index in [9.17, 15) is 4.79 Å². The van der Waals surface area contributed by atoms with Crippen molar-refractivity contribution in [2.24, 2.45) is 9.98 Å². The van der Waals surface area contributed by atoms with E-state index in [1.165, 1.54) is 0 Å². The molecule has 4 heterocycles. The van der Waals surface area contributed by atoms with Gasteiger partial charge in [0, 0.05) is 49.4 Å². The molecule has 7 nitrogen and oxygen atoms in total. The number of nitrogens with one attached hydrogen (secondary N) is 2. The van der Waals surface area contributed by atoms with Crippen molar-refractivity contribution in [2.75, 3.05) is 19.6 Å². The van der Waals surface area contributed by atoms with Crippen LogP contribution in [0.3, 0.4) is 0 Å². The van der Waals surface area contributed by atoms with Gasteiger partial charge >= 0.3 is 0 Å². The van der Waals surface area contributed by atoms with E-state index >= 15 is 0 Å². The molecule has 1 amide bonds. The van der Waals surface area contributed by atoms with E-state index in [2.05, 4.69) is 32.1 Å². The van der Waals surface area contributed by atoms with Crippen molar-refractivity contribution in [1.29, 1.82) is 0 Å². The molecular weight excluding hydrogens is 364 g/mol. The monoisotopic (exact) mass is 386 g/mol. The van der Waals surface area contributed by atoms with Crippen LogP contribution in [0.5, 0.6) is 0 Å². The predicted molar refractivity (Wildman–Crippen MR) is 108 cm³/mol. The highest BCUT2D eigenvalue weighted by Crippen LogP contribution is 2.25. The second-order valence-electron chi connectivity index (χ2n) is 6.88. The number of aromatic nitrogens is 2. The summed E-state index contributed by atoms with van der Waals surface area (Å²) in [6.45, 7) is 4.29. The first-order valence-electron chi connectivity index (χ1n) is 9.46. The van der Waals surface area contributed by atoms with E-state index < -0.39 is 0 Å². The number of nitrogens with zero attached hydrogens (tertiary/aromatic N) is 4. The van der Waals surface area contributed by atoms with Crippen LogP contribution in [0, 0.1) is 0 Å². The number of carbonyl (C=O) groups excluding carboxylic acids is 1. The Bertz CT molecular complexity index is 918. The highest BCUT2D eigenvalue weighted by Gasteiger charge is 2.33. The highest BCUT2D eigenvalue weighted by molar-refractivity contribution is 6.31. The Morgan fingerprint density at radius 1 is 1.48 bits per heavy atom. The quantitative estimate of drug-likeness (QED) is 0.847. The topological polar surface area (TPSA) is 85.7 Å². The van der Waals surface area contributed by atoms with Gasteiger partial charge in [-0.3, -0.25) is 9.79 Å². The Balaban J connectivity index is 1.61. The molecule has 0 aromatic carbocycles. The van der Waals surface area contributed by atoms with Crippen molar-refractivity contribution in [2.45, 2.75) is 38.6 Å². The van der Waals surface area contributed by atoms with Gasteiger partial charge in [-0.1, -0.05) is 18.5 Å². The smallest absolute Gasteiger partial charge is 0.242 e. The Kier molecular flexibility index (Phi) is 5.11. The van der Waals surface area contributed by atoms with Gasteiger partial charge < -0.3 is 15.2 Å². The molecule has 1 fully saturated rings. The van der Waals surface area contributed by atoms with Gasteiger partial charge in [-0.25, -0.2) is 9.98 Å². The van der Waals surface area contributed by atoms with Crippen LogP contribution in [0.15, 0.2) is 28.4 Å². The summed E-state index contributed by atoms with van der Waals surface area (Å²) < 4.78 is 0. The molecule has 2 aromatic heterocycles. The van der Waals surface area contributed by atoms with Gasteiger partial charge in [0.2, 0.25) is 5.91 Å². The minimum Gasteiger partial charge on any atom is -0.354 e. The van der Waals surface area contributed by atoms with Crippen LogP contribution in [-0.4, -0.2) is 58.1 Å². The molecule has 0 radical (unpaired) electrons. The van der Waals surface area contributed by atoms with Crippen molar-refractivity contribution < 1.29 is 4.79 Å². The van der Waals surface area contributed by atoms with Crippen molar-refractivity contribution in [3.8, 4) is 0 Å². The summed E-state index contributed by atoms with van der Waals surface area (Å²) in [5.74, 6) is 1.72. The van der Waals surface area contributed by atoms with Crippen LogP contribution < -0.4 is 5.32 Å². The Morgan fingerprint density at radius 2 is 2.37 bits per heavy atom. The number of amides is 1. The van der Waals surface area contributed by atoms with Gasteiger partial charge in [-0.15, -0.1) is 0 Å².